The Hall–Kier alpha value is -1.82. The molecule has 0 radical (unpaired) electrons. The van der Waals surface area contributed by atoms with E-state index in [0.29, 0.717) is 0 Å². The van der Waals surface area contributed by atoms with E-state index in [-0.39, 0.29) is 16.4 Å². The van der Waals surface area contributed by atoms with Gasteiger partial charge in [0.25, 0.3) is 5.69 Å². The molecular weight excluding hydrogens is 248 g/mol. The van der Waals surface area contributed by atoms with E-state index in [1.807, 2.05) is 0 Å². The predicted molar refractivity (Wildman–Crippen MR) is 63.6 cm³/mol. The second-order valence-electron chi connectivity index (χ2n) is 3.52. The van der Waals surface area contributed by atoms with Crippen molar-refractivity contribution in [2.75, 3.05) is 11.9 Å². The van der Waals surface area contributed by atoms with Crippen LogP contribution >= 0.6 is 11.6 Å². The van der Waals surface area contributed by atoms with E-state index in [2.05, 4.69) is 0 Å². The first-order valence-corrected chi connectivity index (χ1v) is 5.12. The van der Waals surface area contributed by atoms with Crippen molar-refractivity contribution in [2.24, 2.45) is 0 Å². The standard InChI is InChI=1S/C10H11ClN2O4/c1-6(10(14)15)12(2)8-4-3-7(11)5-9(8)13(16)17/h3-6H,1-2H3,(H,14,15). The maximum absolute atomic E-state index is 10.8. The number of hydrogen-bond acceptors (Lipinski definition) is 4. The zero-order valence-electron chi connectivity index (χ0n) is 9.25. The van der Waals surface area contributed by atoms with Gasteiger partial charge in [0, 0.05) is 18.1 Å². The van der Waals surface area contributed by atoms with Gasteiger partial charge in [-0.15, -0.1) is 0 Å². The van der Waals surface area contributed by atoms with Gasteiger partial charge in [-0.1, -0.05) is 11.6 Å². The molecule has 0 aromatic heterocycles. The first-order chi connectivity index (χ1) is 7.84. The Bertz CT molecular complexity index is 464. The summed E-state index contributed by atoms with van der Waals surface area (Å²) < 4.78 is 0. The summed E-state index contributed by atoms with van der Waals surface area (Å²) in [5.74, 6) is -1.06. The van der Waals surface area contributed by atoms with E-state index in [1.165, 1.54) is 37.1 Å². The van der Waals surface area contributed by atoms with Crippen LogP contribution in [0, 0.1) is 10.1 Å². The van der Waals surface area contributed by atoms with Gasteiger partial charge in [-0.25, -0.2) is 4.79 Å². The fourth-order valence-corrected chi connectivity index (χ4v) is 1.48. The molecule has 1 atom stereocenters. The molecule has 0 aliphatic carbocycles. The number of nitro groups is 1. The van der Waals surface area contributed by atoms with Crippen molar-refractivity contribution in [3.05, 3.63) is 33.3 Å². The van der Waals surface area contributed by atoms with E-state index in [4.69, 9.17) is 16.7 Å². The Morgan fingerprint density at radius 1 is 1.59 bits per heavy atom. The summed E-state index contributed by atoms with van der Waals surface area (Å²) in [4.78, 5) is 22.4. The molecule has 0 heterocycles. The van der Waals surface area contributed by atoms with Crippen LogP contribution in [0.1, 0.15) is 6.92 Å². The van der Waals surface area contributed by atoms with Gasteiger partial charge in [0.1, 0.15) is 11.7 Å². The fraction of sp³-hybridized carbons (Fsp3) is 0.300. The largest absolute Gasteiger partial charge is 0.480 e. The molecule has 17 heavy (non-hydrogen) atoms. The second kappa shape index (κ2) is 5.01. The maximum Gasteiger partial charge on any atom is 0.326 e. The first kappa shape index (κ1) is 13.2. The number of halogens is 1. The highest BCUT2D eigenvalue weighted by atomic mass is 35.5. The molecule has 1 aromatic carbocycles. The van der Waals surface area contributed by atoms with Crippen LogP contribution in [0.15, 0.2) is 18.2 Å². The number of nitro benzene ring substituents is 1. The van der Waals surface area contributed by atoms with Gasteiger partial charge in [0.05, 0.1) is 4.92 Å². The lowest BCUT2D eigenvalue weighted by Gasteiger charge is -2.23. The van der Waals surface area contributed by atoms with Crippen LogP contribution in [0.5, 0.6) is 0 Å². The Labute approximate surface area is 103 Å². The van der Waals surface area contributed by atoms with Gasteiger partial charge >= 0.3 is 5.97 Å². The van der Waals surface area contributed by atoms with Crippen molar-refractivity contribution in [3.8, 4) is 0 Å². The molecule has 0 aliphatic heterocycles. The maximum atomic E-state index is 10.8. The SMILES string of the molecule is CC(C(=O)O)N(C)c1ccc(Cl)cc1[N+](=O)[O-]. The van der Waals surface area contributed by atoms with E-state index >= 15 is 0 Å². The van der Waals surface area contributed by atoms with E-state index in [9.17, 15) is 14.9 Å². The molecule has 0 bridgehead atoms. The summed E-state index contributed by atoms with van der Waals surface area (Å²) in [5.41, 5.74) is 0.00222. The van der Waals surface area contributed by atoms with Gasteiger partial charge in [0.2, 0.25) is 0 Å². The number of hydrogen-bond donors (Lipinski definition) is 1. The summed E-state index contributed by atoms with van der Waals surface area (Å²) in [6.45, 7) is 1.45. The average Bonchev–Trinajstić information content (AvgIpc) is 2.26. The topological polar surface area (TPSA) is 83.7 Å². The molecule has 92 valence electrons. The Kier molecular flexibility index (Phi) is 3.90. The lowest BCUT2D eigenvalue weighted by molar-refractivity contribution is -0.384. The lowest BCUT2D eigenvalue weighted by Crippen LogP contribution is -2.36. The molecular formula is C10H11ClN2O4. The van der Waals surface area contributed by atoms with Gasteiger partial charge in [-0.2, -0.15) is 0 Å². The molecule has 1 N–H and O–H groups in total. The monoisotopic (exact) mass is 258 g/mol. The number of nitrogens with zero attached hydrogens (tertiary/aromatic N) is 2. The van der Waals surface area contributed by atoms with E-state index in [0.717, 1.165) is 0 Å². The molecule has 0 saturated carbocycles. The van der Waals surface area contributed by atoms with Crippen molar-refractivity contribution < 1.29 is 14.8 Å². The van der Waals surface area contributed by atoms with Gasteiger partial charge in [-0.05, 0) is 19.1 Å². The van der Waals surface area contributed by atoms with Crippen molar-refractivity contribution in [2.45, 2.75) is 13.0 Å². The third kappa shape index (κ3) is 2.85. The van der Waals surface area contributed by atoms with Crippen LogP contribution in [0.25, 0.3) is 0 Å². The molecule has 0 spiro atoms. The molecule has 0 amide bonds. The number of carboxylic acids is 1. The zero-order chi connectivity index (χ0) is 13.2. The van der Waals surface area contributed by atoms with Crippen molar-refractivity contribution >= 4 is 28.9 Å². The summed E-state index contributed by atoms with van der Waals surface area (Å²) >= 11 is 5.67. The van der Waals surface area contributed by atoms with Gasteiger partial charge in [-0.3, -0.25) is 10.1 Å². The predicted octanol–water partition coefficient (Wildman–Crippen LogP) is 2.16. The van der Waals surface area contributed by atoms with Crippen LogP contribution in [0.2, 0.25) is 5.02 Å². The van der Waals surface area contributed by atoms with Crippen molar-refractivity contribution in [1.82, 2.24) is 0 Å². The molecule has 7 heteroatoms. The quantitative estimate of drug-likeness (QED) is 0.661. The Morgan fingerprint density at radius 3 is 2.65 bits per heavy atom. The lowest BCUT2D eigenvalue weighted by atomic mass is 10.2. The third-order valence-corrected chi connectivity index (χ3v) is 2.69. The third-order valence-electron chi connectivity index (χ3n) is 2.45. The number of carbonyl (C=O) groups is 1. The number of anilines is 1. The van der Waals surface area contributed by atoms with Crippen molar-refractivity contribution in [3.63, 3.8) is 0 Å². The Balaban J connectivity index is 3.21. The highest BCUT2D eigenvalue weighted by molar-refractivity contribution is 6.30. The highest BCUT2D eigenvalue weighted by Gasteiger charge is 2.24. The number of aliphatic carboxylic acids is 1. The van der Waals surface area contributed by atoms with E-state index < -0.39 is 16.9 Å². The Morgan fingerprint density at radius 2 is 2.18 bits per heavy atom. The van der Waals surface area contributed by atoms with Crippen molar-refractivity contribution in [1.29, 1.82) is 0 Å². The number of likely N-dealkylation sites (N-methyl/N-ethyl adjacent to an activating group) is 1. The minimum atomic E-state index is -1.06. The summed E-state index contributed by atoms with van der Waals surface area (Å²) in [6, 6.07) is 3.24. The van der Waals surface area contributed by atoms with Crippen LogP contribution in [-0.4, -0.2) is 29.1 Å². The van der Waals surface area contributed by atoms with Crippen LogP contribution < -0.4 is 4.90 Å². The number of rotatable bonds is 4. The first-order valence-electron chi connectivity index (χ1n) is 4.74. The normalized spacial score (nSPS) is 11.9. The minimum Gasteiger partial charge on any atom is -0.480 e. The highest BCUT2D eigenvalue weighted by Crippen LogP contribution is 2.31. The van der Waals surface area contributed by atoms with Crippen LogP contribution in [0.4, 0.5) is 11.4 Å². The molecule has 6 nitrogen and oxygen atoms in total. The smallest absolute Gasteiger partial charge is 0.326 e. The molecule has 1 aromatic rings. The average molecular weight is 259 g/mol. The summed E-state index contributed by atoms with van der Waals surface area (Å²) in [6.07, 6.45) is 0. The van der Waals surface area contributed by atoms with Crippen LogP contribution in [0.3, 0.4) is 0 Å². The van der Waals surface area contributed by atoms with Crippen LogP contribution in [-0.2, 0) is 4.79 Å². The fourth-order valence-electron chi connectivity index (χ4n) is 1.32. The summed E-state index contributed by atoms with van der Waals surface area (Å²) in [5, 5.41) is 19.9. The second-order valence-corrected chi connectivity index (χ2v) is 3.95. The summed E-state index contributed by atoms with van der Waals surface area (Å²) in [7, 11) is 1.48. The molecule has 0 aliphatic rings. The van der Waals surface area contributed by atoms with E-state index in [1.54, 1.807) is 0 Å². The molecule has 1 unspecified atom stereocenters. The number of benzene rings is 1. The molecule has 1 rings (SSSR count). The molecule has 0 fully saturated rings. The molecule has 0 saturated heterocycles. The number of carboxylic acid groups (broad SMARTS) is 1. The zero-order valence-corrected chi connectivity index (χ0v) is 10.0. The van der Waals surface area contributed by atoms with Gasteiger partial charge < -0.3 is 10.0 Å². The minimum absolute atomic E-state index is 0.215. The van der Waals surface area contributed by atoms with Gasteiger partial charge in [0.15, 0.2) is 0 Å².